The Balaban J connectivity index is 0.000000446. The lowest BCUT2D eigenvalue weighted by atomic mass is 9.90. The predicted octanol–water partition coefficient (Wildman–Crippen LogP) is 5.36. The van der Waals surface area contributed by atoms with Gasteiger partial charge >= 0.3 is 0 Å². The topological polar surface area (TPSA) is 173 Å². The van der Waals surface area contributed by atoms with Gasteiger partial charge in [0.15, 0.2) is 14.1 Å². The van der Waals surface area contributed by atoms with Crippen LogP contribution in [0.3, 0.4) is 0 Å². The molecule has 0 aliphatic rings. The van der Waals surface area contributed by atoms with Gasteiger partial charge in [-0.2, -0.15) is 0 Å². The standard InChI is InChI=1S/C26H38N3O8P.C11H9NO/c1-5-8-9-10-21(22(6-2)29(17-30)35-4)25(31)27-16-28-26(32)24-12-11-23(37-24)18-13-19(36-7-3)15-20(14-18)38(33)34;13-9-10-3-5-11(6-4-10)12-7-1-2-8-12/h11-15,17,21-22,33-34H,5-10,16H2,1-4H3,(H,27,31)(H,28,32);1-9H. The lowest BCUT2D eigenvalue weighted by Gasteiger charge is -2.31. The van der Waals surface area contributed by atoms with Crippen molar-refractivity contribution < 1.29 is 43.0 Å². The number of hydrogen-bond donors (Lipinski definition) is 4. The van der Waals surface area contributed by atoms with Gasteiger partial charge in [-0.25, -0.2) is 5.06 Å². The Bertz CT molecular complexity index is 1660. The van der Waals surface area contributed by atoms with Gasteiger partial charge in [0.2, 0.25) is 12.3 Å². The van der Waals surface area contributed by atoms with Crippen LogP contribution >= 0.6 is 8.38 Å². The van der Waals surface area contributed by atoms with Crippen LogP contribution in [0.5, 0.6) is 5.75 Å². The molecular formula is C37H47N4O9P. The minimum absolute atomic E-state index is 0.0188. The third-order valence-corrected chi connectivity index (χ3v) is 8.69. The minimum atomic E-state index is -2.34. The molecule has 0 radical (unpaired) electrons. The highest BCUT2D eigenvalue weighted by Crippen LogP contribution is 2.31. The molecule has 0 saturated heterocycles. The summed E-state index contributed by atoms with van der Waals surface area (Å²) in [6, 6.07) is 18.8. The molecule has 14 heteroatoms. The number of unbranched alkanes of at least 4 members (excludes halogenated alkanes) is 2. The molecule has 2 heterocycles. The Morgan fingerprint density at radius 1 is 0.980 bits per heavy atom. The highest BCUT2D eigenvalue weighted by atomic mass is 31.2. The summed E-state index contributed by atoms with van der Waals surface area (Å²) in [5.74, 6) is -0.521. The summed E-state index contributed by atoms with van der Waals surface area (Å²) >= 11 is 0. The van der Waals surface area contributed by atoms with Gasteiger partial charge in [0, 0.05) is 34.5 Å². The van der Waals surface area contributed by atoms with E-state index in [0.29, 0.717) is 48.5 Å². The van der Waals surface area contributed by atoms with Crippen molar-refractivity contribution in [1.82, 2.24) is 20.3 Å². The molecule has 3 amide bonds. The van der Waals surface area contributed by atoms with Gasteiger partial charge in [-0.05, 0) is 86.5 Å². The number of carbonyl (C=O) groups excluding carboxylic acids is 4. The van der Waals surface area contributed by atoms with Gasteiger partial charge in [0.1, 0.15) is 17.8 Å². The number of rotatable bonds is 19. The lowest BCUT2D eigenvalue weighted by Crippen LogP contribution is -2.48. The molecule has 274 valence electrons. The molecule has 0 fully saturated rings. The third kappa shape index (κ3) is 12.2. The average Bonchev–Trinajstić information content (AvgIpc) is 3.87. The van der Waals surface area contributed by atoms with Crippen LogP contribution in [0.25, 0.3) is 17.0 Å². The first-order valence-electron chi connectivity index (χ1n) is 16.8. The zero-order chi connectivity index (χ0) is 37.2. The van der Waals surface area contributed by atoms with Crippen LogP contribution in [0.4, 0.5) is 0 Å². The number of furan rings is 1. The van der Waals surface area contributed by atoms with E-state index < -0.39 is 26.2 Å². The van der Waals surface area contributed by atoms with Crippen molar-refractivity contribution in [3.8, 4) is 22.8 Å². The van der Waals surface area contributed by atoms with Gasteiger partial charge in [0.25, 0.3) is 5.91 Å². The number of carbonyl (C=O) groups is 4. The third-order valence-electron chi connectivity index (χ3n) is 7.97. The van der Waals surface area contributed by atoms with E-state index in [0.717, 1.165) is 36.3 Å². The molecule has 13 nitrogen and oxygen atoms in total. The number of amides is 3. The summed E-state index contributed by atoms with van der Waals surface area (Å²) in [6.45, 7) is 6.02. The summed E-state index contributed by atoms with van der Waals surface area (Å²) in [4.78, 5) is 71.9. The summed E-state index contributed by atoms with van der Waals surface area (Å²) in [5, 5.41) is 6.78. The fourth-order valence-corrected chi connectivity index (χ4v) is 5.88. The van der Waals surface area contributed by atoms with Gasteiger partial charge in [-0.1, -0.05) is 33.1 Å². The van der Waals surface area contributed by atoms with E-state index in [1.54, 1.807) is 18.2 Å². The number of hydrogen-bond acceptors (Lipinski definition) is 9. The van der Waals surface area contributed by atoms with Gasteiger partial charge < -0.3 is 34.1 Å². The van der Waals surface area contributed by atoms with Gasteiger partial charge in [0.05, 0.1) is 32.3 Å². The number of hydroxylamine groups is 2. The average molecular weight is 723 g/mol. The van der Waals surface area contributed by atoms with E-state index in [9.17, 15) is 29.0 Å². The Morgan fingerprint density at radius 2 is 1.71 bits per heavy atom. The highest BCUT2D eigenvalue weighted by Gasteiger charge is 2.31. The van der Waals surface area contributed by atoms with Crippen molar-refractivity contribution in [3.63, 3.8) is 0 Å². The normalized spacial score (nSPS) is 11.9. The van der Waals surface area contributed by atoms with Crippen LogP contribution in [0.2, 0.25) is 0 Å². The smallest absolute Gasteiger partial charge is 0.288 e. The second-order valence-electron chi connectivity index (χ2n) is 11.4. The molecule has 0 saturated carbocycles. The molecule has 51 heavy (non-hydrogen) atoms. The molecule has 0 aliphatic heterocycles. The van der Waals surface area contributed by atoms with Crippen LogP contribution in [-0.2, 0) is 14.4 Å². The monoisotopic (exact) mass is 722 g/mol. The van der Waals surface area contributed by atoms with Crippen molar-refractivity contribution >= 4 is 38.2 Å². The predicted molar refractivity (Wildman–Crippen MR) is 195 cm³/mol. The van der Waals surface area contributed by atoms with Crippen LogP contribution in [0.15, 0.2) is 83.5 Å². The molecule has 4 aromatic rings. The van der Waals surface area contributed by atoms with Crippen LogP contribution < -0.4 is 20.7 Å². The van der Waals surface area contributed by atoms with Crippen molar-refractivity contribution in [1.29, 1.82) is 0 Å². The van der Waals surface area contributed by atoms with E-state index in [1.165, 1.54) is 19.2 Å². The molecule has 4 rings (SSSR count). The number of aldehydes is 1. The lowest BCUT2D eigenvalue weighted by molar-refractivity contribution is -0.181. The molecule has 2 aromatic heterocycles. The van der Waals surface area contributed by atoms with Gasteiger partial charge in [-0.15, -0.1) is 0 Å². The molecule has 0 spiro atoms. The first-order chi connectivity index (χ1) is 24.7. The fraction of sp³-hybridized carbons (Fsp3) is 0.351. The van der Waals surface area contributed by atoms with Crippen LogP contribution in [0, 0.1) is 5.92 Å². The van der Waals surface area contributed by atoms with Crippen molar-refractivity contribution in [2.24, 2.45) is 5.92 Å². The summed E-state index contributed by atoms with van der Waals surface area (Å²) < 4.78 is 13.2. The van der Waals surface area contributed by atoms with Crippen molar-refractivity contribution in [2.75, 3.05) is 20.4 Å². The number of nitrogens with one attached hydrogen (secondary N) is 2. The highest BCUT2D eigenvalue weighted by molar-refractivity contribution is 7.54. The summed E-state index contributed by atoms with van der Waals surface area (Å²) in [5.41, 5.74) is 2.29. The quantitative estimate of drug-likeness (QED) is 0.0327. The number of benzene rings is 2. The van der Waals surface area contributed by atoms with E-state index >= 15 is 0 Å². The molecule has 4 N–H and O–H groups in total. The first kappa shape index (κ1) is 40.6. The van der Waals surface area contributed by atoms with Crippen molar-refractivity contribution in [3.05, 3.63) is 90.4 Å². The molecule has 2 unspecified atom stereocenters. The summed E-state index contributed by atoms with van der Waals surface area (Å²) in [7, 11) is -0.959. The Morgan fingerprint density at radius 3 is 2.29 bits per heavy atom. The second-order valence-corrected chi connectivity index (χ2v) is 12.4. The molecule has 0 aliphatic carbocycles. The first-order valence-corrected chi connectivity index (χ1v) is 18.0. The number of nitrogens with zero attached hydrogens (tertiary/aromatic N) is 2. The van der Waals surface area contributed by atoms with Crippen molar-refractivity contribution in [2.45, 2.75) is 58.9 Å². The number of aromatic nitrogens is 1. The van der Waals surface area contributed by atoms with Crippen LogP contribution in [0.1, 0.15) is 73.8 Å². The van der Waals surface area contributed by atoms with E-state index in [-0.39, 0.29) is 23.6 Å². The molecule has 2 aromatic carbocycles. The zero-order valence-corrected chi connectivity index (χ0v) is 30.3. The molecular weight excluding hydrogens is 675 g/mol. The fourth-order valence-electron chi connectivity index (χ4n) is 5.38. The molecule has 2 atom stereocenters. The largest absolute Gasteiger partial charge is 0.494 e. The van der Waals surface area contributed by atoms with E-state index in [4.69, 9.17) is 14.0 Å². The summed E-state index contributed by atoms with van der Waals surface area (Å²) in [6.07, 6.45) is 9.23. The molecule has 0 bridgehead atoms. The van der Waals surface area contributed by atoms with Crippen LogP contribution in [-0.4, -0.2) is 70.4 Å². The second kappa shape index (κ2) is 21.4. The van der Waals surface area contributed by atoms with E-state index in [1.807, 2.05) is 67.2 Å². The minimum Gasteiger partial charge on any atom is -0.494 e. The maximum Gasteiger partial charge on any atom is 0.288 e. The Hall–Kier alpha value is -4.81. The van der Waals surface area contributed by atoms with Gasteiger partial charge in [-0.3, -0.25) is 24.0 Å². The Kier molecular flexibility index (Phi) is 17.1. The Labute approximate surface area is 299 Å². The zero-order valence-electron chi connectivity index (χ0n) is 29.4. The number of ether oxygens (including phenoxy) is 1. The maximum atomic E-state index is 13.0. The SMILES string of the molecule is CCCCCC(C(=O)NCNC(=O)c1ccc(-c2cc(OCC)cc(P(O)O)c2)o1)C(CC)N(C=O)OC.O=Cc1ccc(-n2cccc2)cc1. The van der Waals surface area contributed by atoms with E-state index in [2.05, 4.69) is 17.6 Å². The maximum absolute atomic E-state index is 13.0.